The summed E-state index contributed by atoms with van der Waals surface area (Å²) in [5, 5.41) is 0. The summed E-state index contributed by atoms with van der Waals surface area (Å²) in [6, 6.07) is 18.9. The average Bonchev–Trinajstić information content (AvgIpc) is 3.30. The van der Waals surface area contributed by atoms with E-state index in [1.807, 2.05) is 54.7 Å². The molecule has 2 aromatic carbocycles. The quantitative estimate of drug-likeness (QED) is 0.389. The Morgan fingerprint density at radius 2 is 1.73 bits per heavy atom. The lowest BCUT2D eigenvalue weighted by molar-refractivity contribution is 0.0723. The number of ether oxygens (including phenoxy) is 2. The van der Waals surface area contributed by atoms with E-state index in [1.165, 1.54) is 0 Å². The topological polar surface area (TPSA) is 69.5 Å². The minimum Gasteiger partial charge on any atom is -0.497 e. The van der Waals surface area contributed by atoms with Gasteiger partial charge in [0, 0.05) is 43.4 Å². The lowest BCUT2D eigenvalue weighted by atomic mass is 10.1. The molecule has 1 amide bonds. The van der Waals surface area contributed by atoms with Gasteiger partial charge in [-0.15, -0.1) is 0 Å². The Morgan fingerprint density at radius 3 is 2.45 bits per heavy atom. The fraction of sp³-hybridized carbons (Fsp3) is 0.192. The van der Waals surface area contributed by atoms with Crippen LogP contribution in [0.25, 0.3) is 0 Å². The Kier molecular flexibility index (Phi) is 6.99. The van der Waals surface area contributed by atoms with Gasteiger partial charge in [-0.2, -0.15) is 0 Å². The molecule has 0 aliphatic carbocycles. The second-order valence-corrected chi connectivity index (χ2v) is 7.57. The molecular formula is C26H26N4O3. The molecule has 7 nitrogen and oxygen atoms in total. The van der Waals surface area contributed by atoms with Crippen molar-refractivity contribution in [2.75, 3.05) is 14.2 Å². The maximum Gasteiger partial charge on any atom is 0.254 e. The van der Waals surface area contributed by atoms with Crippen molar-refractivity contribution in [3.8, 4) is 11.5 Å². The minimum absolute atomic E-state index is 0.100. The van der Waals surface area contributed by atoms with Crippen LogP contribution in [0.5, 0.6) is 11.5 Å². The van der Waals surface area contributed by atoms with E-state index in [-0.39, 0.29) is 5.91 Å². The number of hydrogen-bond acceptors (Lipinski definition) is 5. The van der Waals surface area contributed by atoms with Crippen LogP contribution in [-0.2, 0) is 19.6 Å². The van der Waals surface area contributed by atoms with Gasteiger partial charge in [-0.1, -0.05) is 24.3 Å². The molecule has 0 saturated carbocycles. The van der Waals surface area contributed by atoms with Gasteiger partial charge in [-0.25, -0.2) is 4.98 Å². The van der Waals surface area contributed by atoms with Crippen LogP contribution in [0, 0.1) is 0 Å². The number of nitrogens with zero attached hydrogens (tertiary/aromatic N) is 4. The highest BCUT2D eigenvalue weighted by Crippen LogP contribution is 2.19. The first-order chi connectivity index (χ1) is 16.2. The van der Waals surface area contributed by atoms with Crippen LogP contribution in [0.3, 0.4) is 0 Å². The van der Waals surface area contributed by atoms with Crippen molar-refractivity contribution in [1.29, 1.82) is 0 Å². The molecule has 7 heteroatoms. The standard InChI is InChI=1S/C26H26N4O3/c1-32-23-10-8-20(9-11-23)17-29-14-13-28-25(29)19-30(18-21-5-4-12-27-16-21)26(31)22-6-3-7-24(15-22)33-2/h3-16H,17-19H2,1-2H3. The molecule has 0 aliphatic rings. The fourth-order valence-electron chi connectivity index (χ4n) is 3.58. The van der Waals surface area contributed by atoms with E-state index in [4.69, 9.17) is 9.47 Å². The first-order valence-corrected chi connectivity index (χ1v) is 10.6. The number of hydrogen-bond donors (Lipinski definition) is 0. The maximum absolute atomic E-state index is 13.5. The van der Waals surface area contributed by atoms with E-state index in [0.29, 0.717) is 30.9 Å². The number of carbonyl (C=O) groups is 1. The fourth-order valence-corrected chi connectivity index (χ4v) is 3.58. The van der Waals surface area contributed by atoms with Crippen molar-refractivity contribution >= 4 is 5.91 Å². The Balaban J connectivity index is 1.59. The van der Waals surface area contributed by atoms with Crippen LogP contribution in [0.2, 0.25) is 0 Å². The van der Waals surface area contributed by atoms with Gasteiger partial charge in [0.1, 0.15) is 17.3 Å². The molecule has 0 bridgehead atoms. The van der Waals surface area contributed by atoms with Gasteiger partial charge in [0.25, 0.3) is 5.91 Å². The molecule has 33 heavy (non-hydrogen) atoms. The Hall–Kier alpha value is -4.13. The number of benzene rings is 2. The third-order valence-electron chi connectivity index (χ3n) is 5.35. The van der Waals surface area contributed by atoms with Crippen LogP contribution in [0.4, 0.5) is 0 Å². The molecule has 168 valence electrons. The van der Waals surface area contributed by atoms with Crippen molar-refractivity contribution < 1.29 is 14.3 Å². The van der Waals surface area contributed by atoms with Crippen molar-refractivity contribution in [1.82, 2.24) is 19.4 Å². The van der Waals surface area contributed by atoms with Crippen LogP contribution in [-0.4, -0.2) is 39.6 Å². The number of aromatic nitrogens is 3. The first-order valence-electron chi connectivity index (χ1n) is 10.6. The van der Waals surface area contributed by atoms with E-state index in [9.17, 15) is 4.79 Å². The van der Waals surface area contributed by atoms with Gasteiger partial charge in [0.2, 0.25) is 0 Å². The lowest BCUT2D eigenvalue weighted by Gasteiger charge is -2.23. The van der Waals surface area contributed by atoms with Crippen molar-refractivity contribution in [3.05, 3.63) is 108 Å². The van der Waals surface area contributed by atoms with Gasteiger partial charge in [0.05, 0.1) is 20.8 Å². The molecule has 0 spiro atoms. The maximum atomic E-state index is 13.5. The molecule has 0 atom stereocenters. The van der Waals surface area contributed by atoms with Crippen LogP contribution >= 0.6 is 0 Å². The summed E-state index contributed by atoms with van der Waals surface area (Å²) in [5.74, 6) is 2.15. The predicted octanol–water partition coefficient (Wildman–Crippen LogP) is 4.19. The van der Waals surface area contributed by atoms with Crippen molar-refractivity contribution in [2.45, 2.75) is 19.6 Å². The van der Waals surface area contributed by atoms with Crippen LogP contribution in [0.1, 0.15) is 27.3 Å². The summed E-state index contributed by atoms with van der Waals surface area (Å²) in [5.41, 5.74) is 2.63. The zero-order valence-electron chi connectivity index (χ0n) is 18.7. The molecule has 0 unspecified atom stereocenters. The molecule has 4 aromatic rings. The SMILES string of the molecule is COc1ccc(Cn2ccnc2CN(Cc2cccnc2)C(=O)c2cccc(OC)c2)cc1. The number of carbonyl (C=O) groups excluding carboxylic acids is 1. The largest absolute Gasteiger partial charge is 0.497 e. The molecule has 0 fully saturated rings. The first kappa shape index (κ1) is 22.1. The lowest BCUT2D eigenvalue weighted by Crippen LogP contribution is -2.31. The number of rotatable bonds is 9. The molecule has 0 radical (unpaired) electrons. The smallest absolute Gasteiger partial charge is 0.254 e. The molecule has 0 saturated heterocycles. The van der Waals surface area contributed by atoms with E-state index in [0.717, 1.165) is 22.7 Å². The summed E-state index contributed by atoms with van der Waals surface area (Å²) < 4.78 is 12.6. The van der Waals surface area contributed by atoms with E-state index >= 15 is 0 Å². The Bertz CT molecular complexity index is 1190. The van der Waals surface area contributed by atoms with Crippen molar-refractivity contribution in [3.63, 3.8) is 0 Å². The minimum atomic E-state index is -0.100. The third kappa shape index (κ3) is 5.57. The Morgan fingerprint density at radius 1 is 0.909 bits per heavy atom. The number of amides is 1. The van der Waals surface area contributed by atoms with Gasteiger partial charge in [0.15, 0.2) is 0 Å². The normalized spacial score (nSPS) is 10.6. The van der Waals surface area contributed by atoms with Gasteiger partial charge in [-0.05, 0) is 47.5 Å². The molecular weight excluding hydrogens is 416 g/mol. The zero-order valence-corrected chi connectivity index (χ0v) is 18.7. The summed E-state index contributed by atoms with van der Waals surface area (Å²) in [6.45, 7) is 1.42. The highest BCUT2D eigenvalue weighted by atomic mass is 16.5. The summed E-state index contributed by atoms with van der Waals surface area (Å²) in [6.07, 6.45) is 7.18. The third-order valence-corrected chi connectivity index (χ3v) is 5.35. The van der Waals surface area contributed by atoms with Gasteiger partial charge in [-0.3, -0.25) is 9.78 Å². The average molecular weight is 443 g/mol. The predicted molar refractivity (Wildman–Crippen MR) is 125 cm³/mol. The van der Waals surface area contributed by atoms with E-state index in [2.05, 4.69) is 14.5 Å². The van der Waals surface area contributed by atoms with E-state index < -0.39 is 0 Å². The monoisotopic (exact) mass is 442 g/mol. The van der Waals surface area contributed by atoms with Crippen molar-refractivity contribution in [2.24, 2.45) is 0 Å². The molecule has 4 rings (SSSR count). The molecule has 2 aromatic heterocycles. The van der Waals surface area contributed by atoms with E-state index in [1.54, 1.807) is 49.8 Å². The Labute approximate surface area is 193 Å². The second-order valence-electron chi connectivity index (χ2n) is 7.57. The number of imidazole rings is 1. The number of pyridine rings is 1. The number of methoxy groups -OCH3 is 2. The molecule has 0 N–H and O–H groups in total. The van der Waals surface area contributed by atoms with Gasteiger partial charge < -0.3 is 18.9 Å². The van der Waals surface area contributed by atoms with Crippen LogP contribution < -0.4 is 9.47 Å². The highest BCUT2D eigenvalue weighted by Gasteiger charge is 2.20. The molecule has 0 aliphatic heterocycles. The summed E-state index contributed by atoms with van der Waals surface area (Å²) in [7, 11) is 3.24. The van der Waals surface area contributed by atoms with Crippen LogP contribution in [0.15, 0.2) is 85.5 Å². The summed E-state index contributed by atoms with van der Waals surface area (Å²) >= 11 is 0. The highest BCUT2D eigenvalue weighted by molar-refractivity contribution is 5.94. The second kappa shape index (κ2) is 10.5. The zero-order chi connectivity index (χ0) is 23.0. The van der Waals surface area contributed by atoms with Gasteiger partial charge >= 0.3 is 0 Å². The molecule has 2 heterocycles. The summed E-state index contributed by atoms with van der Waals surface area (Å²) in [4.78, 5) is 24.0.